The van der Waals surface area contributed by atoms with Gasteiger partial charge in [-0.05, 0) is 30.7 Å². The van der Waals surface area contributed by atoms with Crippen molar-refractivity contribution >= 4 is 23.5 Å². The Labute approximate surface area is 212 Å². The van der Waals surface area contributed by atoms with Crippen LogP contribution in [-0.2, 0) is 9.59 Å². The summed E-state index contributed by atoms with van der Waals surface area (Å²) < 4.78 is 0. The van der Waals surface area contributed by atoms with E-state index in [0.717, 1.165) is 12.8 Å². The van der Waals surface area contributed by atoms with Crippen molar-refractivity contribution in [1.29, 1.82) is 0 Å². The Hall–Kier alpha value is -2.37. The number of hydrogen-bond donors (Lipinski definition) is 3. The first kappa shape index (κ1) is 30.7. The molecule has 2 amide bonds. The van der Waals surface area contributed by atoms with Crippen molar-refractivity contribution in [1.82, 2.24) is 5.32 Å². The highest BCUT2D eigenvalue weighted by Crippen LogP contribution is 2.15. The maximum absolute atomic E-state index is 12.1. The van der Waals surface area contributed by atoms with Gasteiger partial charge in [0.25, 0.3) is 5.91 Å². The van der Waals surface area contributed by atoms with Gasteiger partial charge in [0.1, 0.15) is 6.54 Å². The zero-order valence-electron chi connectivity index (χ0n) is 21.9. The summed E-state index contributed by atoms with van der Waals surface area (Å²) in [6.45, 7) is 1.85. The standard InChI is InChI=1S/C29H48N2O4/c1-2-3-4-5-6-7-8-9-10-11-12-13-14-15-16-17-18-19-27(32)31-26-22-20-25(21-23-26)29(35)30-24-28(33)34/h20-23H,2-19,24H2,1H3,(H,30,35)(H,31,32)(H,33,34). The van der Waals surface area contributed by atoms with E-state index in [9.17, 15) is 14.4 Å². The fraction of sp³-hybridized carbons (Fsp3) is 0.690. The molecule has 0 aliphatic carbocycles. The van der Waals surface area contributed by atoms with Gasteiger partial charge in [0.2, 0.25) is 5.91 Å². The fourth-order valence-electron chi connectivity index (χ4n) is 4.20. The lowest BCUT2D eigenvalue weighted by Gasteiger charge is -2.07. The highest BCUT2D eigenvalue weighted by atomic mass is 16.4. The molecule has 0 atom stereocenters. The summed E-state index contributed by atoms with van der Waals surface area (Å²) >= 11 is 0. The number of carbonyl (C=O) groups excluding carboxylic acids is 2. The number of amides is 2. The normalized spacial score (nSPS) is 10.8. The van der Waals surface area contributed by atoms with Crippen LogP contribution in [0.4, 0.5) is 5.69 Å². The summed E-state index contributed by atoms with van der Waals surface area (Å²) in [5.74, 6) is -1.56. The molecule has 198 valence electrons. The van der Waals surface area contributed by atoms with Crippen molar-refractivity contribution in [3.05, 3.63) is 29.8 Å². The third kappa shape index (κ3) is 17.7. The first-order chi connectivity index (χ1) is 17.0. The second kappa shape index (κ2) is 21.0. The van der Waals surface area contributed by atoms with Gasteiger partial charge < -0.3 is 15.7 Å². The summed E-state index contributed by atoms with van der Waals surface area (Å²) in [5.41, 5.74) is 0.995. The number of rotatable bonds is 22. The summed E-state index contributed by atoms with van der Waals surface area (Å²) in [6.07, 6.45) is 22.9. The molecule has 1 rings (SSSR count). The Morgan fingerprint density at radius 3 is 1.51 bits per heavy atom. The Morgan fingerprint density at radius 2 is 1.09 bits per heavy atom. The van der Waals surface area contributed by atoms with Crippen LogP contribution >= 0.6 is 0 Å². The van der Waals surface area contributed by atoms with E-state index < -0.39 is 18.4 Å². The largest absolute Gasteiger partial charge is 0.480 e. The van der Waals surface area contributed by atoms with Crippen molar-refractivity contribution < 1.29 is 19.5 Å². The molecule has 0 bridgehead atoms. The molecule has 6 nitrogen and oxygen atoms in total. The molecule has 0 saturated heterocycles. The predicted molar refractivity (Wildman–Crippen MR) is 144 cm³/mol. The number of carboxylic acid groups (broad SMARTS) is 1. The van der Waals surface area contributed by atoms with E-state index in [0.29, 0.717) is 17.7 Å². The van der Waals surface area contributed by atoms with E-state index in [1.165, 1.54) is 96.3 Å². The van der Waals surface area contributed by atoms with Crippen LogP contribution in [0.15, 0.2) is 24.3 Å². The molecule has 0 radical (unpaired) electrons. The average molecular weight is 489 g/mol. The van der Waals surface area contributed by atoms with Crippen LogP contribution in [0.1, 0.15) is 133 Å². The highest BCUT2D eigenvalue weighted by molar-refractivity contribution is 5.97. The van der Waals surface area contributed by atoms with Gasteiger partial charge in [-0.1, -0.05) is 110 Å². The van der Waals surface area contributed by atoms with Crippen LogP contribution < -0.4 is 10.6 Å². The van der Waals surface area contributed by atoms with Gasteiger partial charge >= 0.3 is 5.97 Å². The van der Waals surface area contributed by atoms with E-state index in [4.69, 9.17) is 5.11 Å². The van der Waals surface area contributed by atoms with Crippen LogP contribution in [0.25, 0.3) is 0 Å². The minimum Gasteiger partial charge on any atom is -0.480 e. The molecule has 0 heterocycles. The number of carbonyl (C=O) groups is 3. The van der Waals surface area contributed by atoms with Gasteiger partial charge in [-0.3, -0.25) is 14.4 Å². The minimum atomic E-state index is -1.09. The minimum absolute atomic E-state index is 0.0194. The topological polar surface area (TPSA) is 95.5 Å². The van der Waals surface area contributed by atoms with Crippen molar-refractivity contribution in [3.63, 3.8) is 0 Å². The quantitative estimate of drug-likeness (QED) is 0.147. The summed E-state index contributed by atoms with van der Waals surface area (Å²) in [7, 11) is 0. The number of carboxylic acids is 1. The number of nitrogens with one attached hydrogen (secondary N) is 2. The summed E-state index contributed by atoms with van der Waals surface area (Å²) in [4.78, 5) is 34.4. The maximum atomic E-state index is 12.1. The summed E-state index contributed by atoms with van der Waals surface area (Å²) in [6, 6.07) is 6.45. The van der Waals surface area contributed by atoms with Crippen molar-refractivity contribution in [2.45, 2.75) is 122 Å². The highest BCUT2D eigenvalue weighted by Gasteiger charge is 2.08. The second-order valence-corrected chi connectivity index (χ2v) is 9.61. The molecule has 0 aromatic heterocycles. The maximum Gasteiger partial charge on any atom is 0.322 e. The molecule has 0 aliphatic rings. The van der Waals surface area contributed by atoms with E-state index in [2.05, 4.69) is 17.6 Å². The molecule has 35 heavy (non-hydrogen) atoms. The van der Waals surface area contributed by atoms with Crippen LogP contribution in [0.3, 0.4) is 0 Å². The van der Waals surface area contributed by atoms with E-state index in [1.54, 1.807) is 24.3 Å². The van der Waals surface area contributed by atoms with Gasteiger partial charge in [-0.15, -0.1) is 0 Å². The van der Waals surface area contributed by atoms with Crippen LogP contribution in [-0.4, -0.2) is 29.4 Å². The molecule has 0 unspecified atom stereocenters. The average Bonchev–Trinajstić information content (AvgIpc) is 2.85. The lowest BCUT2D eigenvalue weighted by molar-refractivity contribution is -0.135. The lowest BCUT2D eigenvalue weighted by atomic mass is 10.0. The molecule has 0 spiro atoms. The predicted octanol–water partition coefficient (Wildman–Crippen LogP) is 7.48. The monoisotopic (exact) mass is 488 g/mol. The first-order valence-corrected chi connectivity index (χ1v) is 13.9. The number of benzene rings is 1. The molecule has 0 fully saturated rings. The molecule has 6 heteroatoms. The van der Waals surface area contributed by atoms with Gasteiger partial charge in [-0.2, -0.15) is 0 Å². The van der Waals surface area contributed by atoms with Gasteiger partial charge in [0.15, 0.2) is 0 Å². The SMILES string of the molecule is CCCCCCCCCCCCCCCCCCCC(=O)Nc1ccc(C(=O)NCC(=O)O)cc1. The third-order valence-corrected chi connectivity index (χ3v) is 6.34. The van der Waals surface area contributed by atoms with E-state index in [-0.39, 0.29) is 5.91 Å². The fourth-order valence-corrected chi connectivity index (χ4v) is 4.20. The molecule has 3 N–H and O–H groups in total. The Kier molecular flexibility index (Phi) is 18.4. The summed E-state index contributed by atoms with van der Waals surface area (Å²) in [5, 5.41) is 13.8. The van der Waals surface area contributed by atoms with Crippen LogP contribution in [0.5, 0.6) is 0 Å². The Balaban J connectivity index is 1.93. The number of hydrogen-bond acceptors (Lipinski definition) is 3. The first-order valence-electron chi connectivity index (χ1n) is 13.9. The van der Waals surface area contributed by atoms with Crippen molar-refractivity contribution in [3.8, 4) is 0 Å². The van der Waals surface area contributed by atoms with Crippen molar-refractivity contribution in [2.75, 3.05) is 11.9 Å². The molecule has 0 aliphatic heterocycles. The smallest absolute Gasteiger partial charge is 0.322 e. The molecular formula is C29H48N2O4. The molecule has 1 aromatic rings. The Bertz CT molecular complexity index is 703. The molecular weight excluding hydrogens is 440 g/mol. The van der Waals surface area contributed by atoms with Crippen LogP contribution in [0.2, 0.25) is 0 Å². The number of unbranched alkanes of at least 4 members (excludes halogenated alkanes) is 16. The van der Waals surface area contributed by atoms with E-state index in [1.807, 2.05) is 0 Å². The zero-order valence-corrected chi connectivity index (χ0v) is 21.9. The zero-order chi connectivity index (χ0) is 25.6. The molecule has 1 aromatic carbocycles. The van der Waals surface area contributed by atoms with Crippen molar-refractivity contribution in [2.24, 2.45) is 0 Å². The van der Waals surface area contributed by atoms with Gasteiger partial charge in [0.05, 0.1) is 0 Å². The second-order valence-electron chi connectivity index (χ2n) is 9.61. The lowest BCUT2D eigenvalue weighted by Crippen LogP contribution is -2.29. The molecule has 0 saturated carbocycles. The Morgan fingerprint density at radius 1 is 0.657 bits per heavy atom. The van der Waals surface area contributed by atoms with E-state index >= 15 is 0 Å². The van der Waals surface area contributed by atoms with Crippen LogP contribution in [0, 0.1) is 0 Å². The number of aliphatic carboxylic acids is 1. The number of anilines is 1. The van der Waals surface area contributed by atoms with Gasteiger partial charge in [0, 0.05) is 17.7 Å². The van der Waals surface area contributed by atoms with Gasteiger partial charge in [-0.25, -0.2) is 0 Å². The third-order valence-electron chi connectivity index (χ3n) is 6.34.